The second kappa shape index (κ2) is 13.4. The van der Waals surface area contributed by atoms with E-state index in [1.165, 1.54) is 33.0 Å². The molecule has 254 valence electrons. The molecule has 10 aromatic rings. The van der Waals surface area contributed by atoms with Gasteiger partial charge in [-0.05, 0) is 110 Å². The first kappa shape index (κ1) is 31.6. The molecule has 2 heteroatoms. The molecule has 0 fully saturated rings. The molecule has 0 amide bonds. The number of hydrogen-bond donors (Lipinski definition) is 0. The van der Waals surface area contributed by atoms with Gasteiger partial charge in [-0.2, -0.15) is 0 Å². The second-order valence-electron chi connectivity index (χ2n) is 13.7. The molecule has 0 aliphatic heterocycles. The van der Waals surface area contributed by atoms with Gasteiger partial charge in [-0.3, -0.25) is 0 Å². The first-order chi connectivity index (χ1) is 26.8. The lowest BCUT2D eigenvalue weighted by Crippen LogP contribution is -2.09. The second-order valence-corrected chi connectivity index (χ2v) is 13.7. The van der Waals surface area contributed by atoms with Crippen molar-refractivity contribution in [3.8, 4) is 44.5 Å². The van der Waals surface area contributed by atoms with Gasteiger partial charge in [-0.25, -0.2) is 0 Å². The van der Waals surface area contributed by atoms with Crippen LogP contribution in [-0.4, -0.2) is 0 Å². The lowest BCUT2D eigenvalue weighted by molar-refractivity contribution is 0.669. The monoisotopic (exact) mass is 689 g/mol. The van der Waals surface area contributed by atoms with Crippen molar-refractivity contribution >= 4 is 49.8 Å². The Labute approximate surface area is 314 Å². The van der Waals surface area contributed by atoms with E-state index in [0.29, 0.717) is 0 Å². The molecule has 0 spiro atoms. The Bertz CT molecular complexity index is 2890. The Morgan fingerprint density at radius 1 is 0.278 bits per heavy atom. The van der Waals surface area contributed by atoms with Crippen LogP contribution in [0.4, 0.5) is 17.1 Å². The zero-order chi connectivity index (χ0) is 35.8. The molecule has 1 heterocycles. The summed E-state index contributed by atoms with van der Waals surface area (Å²) in [6.07, 6.45) is 0. The molecule has 10 rings (SSSR count). The highest BCUT2D eigenvalue weighted by molar-refractivity contribution is 6.22. The summed E-state index contributed by atoms with van der Waals surface area (Å²) in [5.41, 5.74) is 14.6. The number of furan rings is 1. The Balaban J connectivity index is 1.07. The topological polar surface area (TPSA) is 16.4 Å². The molecule has 0 aliphatic rings. The molecule has 0 bridgehead atoms. The smallest absolute Gasteiger partial charge is 0.136 e. The molecule has 9 aromatic carbocycles. The zero-order valence-electron chi connectivity index (χ0n) is 29.6. The molecule has 2 nitrogen and oxygen atoms in total. The van der Waals surface area contributed by atoms with E-state index in [4.69, 9.17) is 4.42 Å². The van der Waals surface area contributed by atoms with Crippen LogP contribution in [0, 0.1) is 0 Å². The molecule has 0 radical (unpaired) electrons. The number of rotatable bonds is 7. The molecule has 0 unspecified atom stereocenters. The minimum atomic E-state index is 0.898. The van der Waals surface area contributed by atoms with Crippen molar-refractivity contribution in [2.45, 2.75) is 0 Å². The first-order valence-electron chi connectivity index (χ1n) is 18.4. The number of fused-ring (bicyclic) bond motifs is 5. The van der Waals surface area contributed by atoms with E-state index in [1.54, 1.807) is 0 Å². The maximum atomic E-state index is 6.52. The predicted octanol–water partition coefficient (Wildman–Crippen LogP) is 14.9. The number of hydrogen-bond acceptors (Lipinski definition) is 2. The summed E-state index contributed by atoms with van der Waals surface area (Å²) in [5, 5.41) is 4.67. The Morgan fingerprint density at radius 3 is 1.52 bits per heavy atom. The van der Waals surface area contributed by atoms with E-state index in [2.05, 4.69) is 211 Å². The average Bonchev–Trinajstić information content (AvgIpc) is 3.64. The number of anilines is 3. The Kier molecular flexibility index (Phi) is 7.85. The van der Waals surface area contributed by atoms with E-state index >= 15 is 0 Å². The maximum Gasteiger partial charge on any atom is 0.136 e. The number of benzene rings is 9. The van der Waals surface area contributed by atoms with Crippen LogP contribution >= 0.6 is 0 Å². The summed E-state index contributed by atoms with van der Waals surface area (Å²) in [7, 11) is 0. The van der Waals surface area contributed by atoms with E-state index in [0.717, 1.165) is 61.3 Å². The fourth-order valence-electron chi connectivity index (χ4n) is 7.81. The molecule has 0 saturated heterocycles. The molecule has 0 N–H and O–H groups in total. The van der Waals surface area contributed by atoms with Crippen molar-refractivity contribution in [2.75, 3.05) is 4.90 Å². The normalized spacial score (nSPS) is 11.3. The van der Waals surface area contributed by atoms with Crippen molar-refractivity contribution in [1.29, 1.82) is 0 Å². The lowest BCUT2D eigenvalue weighted by atomic mass is 9.91. The zero-order valence-corrected chi connectivity index (χ0v) is 29.6. The van der Waals surface area contributed by atoms with Crippen LogP contribution < -0.4 is 4.90 Å². The number of nitrogens with zero attached hydrogens (tertiary/aromatic N) is 1. The molecule has 1 aromatic heterocycles. The molecule has 0 atom stereocenters. The standard InChI is InChI=1S/C52H35NO/c1-4-13-36(14-5-1)38-23-25-40(26-24-38)48-35-51-52(47-21-10-11-22-50(47)54-51)49-34-42(29-32-46(48)49)39-27-30-44(31-28-39)53(43-18-8-3-9-19-43)45-20-12-17-41(33-45)37-15-6-2-7-16-37/h1-35H. The van der Waals surface area contributed by atoms with E-state index in [1.807, 2.05) is 6.07 Å². The molecule has 0 aliphatic carbocycles. The van der Waals surface area contributed by atoms with Crippen LogP contribution in [0.25, 0.3) is 77.2 Å². The summed E-state index contributed by atoms with van der Waals surface area (Å²) < 4.78 is 6.52. The molecule has 0 saturated carbocycles. The maximum absolute atomic E-state index is 6.52. The van der Waals surface area contributed by atoms with Gasteiger partial charge >= 0.3 is 0 Å². The lowest BCUT2D eigenvalue weighted by Gasteiger charge is -2.26. The SMILES string of the molecule is c1ccc(-c2ccc(-c3cc4oc5ccccc5c4c4cc(-c5ccc(N(c6ccccc6)c6cccc(-c7ccccc7)c6)cc5)ccc34)cc2)cc1. The third kappa shape index (κ3) is 5.71. The van der Waals surface area contributed by atoms with Crippen LogP contribution in [-0.2, 0) is 0 Å². The third-order valence-electron chi connectivity index (χ3n) is 10.5. The highest BCUT2D eigenvalue weighted by Gasteiger charge is 2.17. The highest BCUT2D eigenvalue weighted by atomic mass is 16.3. The minimum Gasteiger partial charge on any atom is -0.456 e. The van der Waals surface area contributed by atoms with Crippen molar-refractivity contribution < 1.29 is 4.42 Å². The van der Waals surface area contributed by atoms with E-state index in [-0.39, 0.29) is 0 Å². The van der Waals surface area contributed by atoms with Gasteiger partial charge in [-0.15, -0.1) is 0 Å². The van der Waals surface area contributed by atoms with Crippen LogP contribution in [0.15, 0.2) is 217 Å². The predicted molar refractivity (Wildman–Crippen MR) is 228 cm³/mol. The quantitative estimate of drug-likeness (QED) is 0.166. The molecular weight excluding hydrogens is 655 g/mol. The Morgan fingerprint density at radius 2 is 0.778 bits per heavy atom. The van der Waals surface area contributed by atoms with Crippen molar-refractivity contribution in [3.05, 3.63) is 212 Å². The van der Waals surface area contributed by atoms with Crippen LogP contribution in [0.5, 0.6) is 0 Å². The van der Waals surface area contributed by atoms with Crippen molar-refractivity contribution in [2.24, 2.45) is 0 Å². The van der Waals surface area contributed by atoms with Gasteiger partial charge in [0, 0.05) is 27.8 Å². The van der Waals surface area contributed by atoms with Gasteiger partial charge in [0.2, 0.25) is 0 Å². The third-order valence-corrected chi connectivity index (χ3v) is 10.5. The van der Waals surface area contributed by atoms with Crippen LogP contribution in [0.2, 0.25) is 0 Å². The van der Waals surface area contributed by atoms with E-state index < -0.39 is 0 Å². The van der Waals surface area contributed by atoms with E-state index in [9.17, 15) is 0 Å². The fraction of sp³-hybridized carbons (Fsp3) is 0. The first-order valence-corrected chi connectivity index (χ1v) is 18.4. The highest BCUT2D eigenvalue weighted by Crippen LogP contribution is 2.43. The summed E-state index contributed by atoms with van der Waals surface area (Å²) in [5.74, 6) is 0. The number of para-hydroxylation sites is 2. The summed E-state index contributed by atoms with van der Waals surface area (Å²) >= 11 is 0. The van der Waals surface area contributed by atoms with Gasteiger partial charge in [0.1, 0.15) is 11.2 Å². The Hall–Kier alpha value is -7.16. The van der Waals surface area contributed by atoms with Crippen LogP contribution in [0.3, 0.4) is 0 Å². The minimum absolute atomic E-state index is 0.898. The van der Waals surface area contributed by atoms with Gasteiger partial charge in [-0.1, -0.05) is 158 Å². The van der Waals surface area contributed by atoms with Gasteiger partial charge in [0.05, 0.1) is 0 Å². The van der Waals surface area contributed by atoms with Crippen molar-refractivity contribution in [1.82, 2.24) is 0 Å². The largest absolute Gasteiger partial charge is 0.456 e. The van der Waals surface area contributed by atoms with Crippen LogP contribution in [0.1, 0.15) is 0 Å². The summed E-state index contributed by atoms with van der Waals surface area (Å²) in [4.78, 5) is 2.33. The van der Waals surface area contributed by atoms with Gasteiger partial charge in [0.25, 0.3) is 0 Å². The van der Waals surface area contributed by atoms with Gasteiger partial charge in [0.15, 0.2) is 0 Å². The molecule has 54 heavy (non-hydrogen) atoms. The van der Waals surface area contributed by atoms with Crippen molar-refractivity contribution in [3.63, 3.8) is 0 Å². The summed E-state index contributed by atoms with van der Waals surface area (Å²) in [6, 6.07) is 75.8. The average molecular weight is 690 g/mol. The fourth-order valence-corrected chi connectivity index (χ4v) is 7.81. The molecular formula is C52H35NO. The summed E-state index contributed by atoms with van der Waals surface area (Å²) in [6.45, 7) is 0. The van der Waals surface area contributed by atoms with Gasteiger partial charge < -0.3 is 9.32 Å².